The van der Waals surface area contributed by atoms with Gasteiger partial charge in [0, 0.05) is 24.7 Å². The first-order valence-corrected chi connectivity index (χ1v) is 10.3. The van der Waals surface area contributed by atoms with Crippen LogP contribution in [0, 0.1) is 6.92 Å². The van der Waals surface area contributed by atoms with Crippen molar-refractivity contribution in [2.45, 2.75) is 44.6 Å². The lowest BCUT2D eigenvalue weighted by Gasteiger charge is -2.18. The van der Waals surface area contributed by atoms with Gasteiger partial charge in [-0.15, -0.1) is 0 Å². The molecule has 3 rings (SSSR count). The number of hydrogen-bond donors (Lipinski definition) is 1. The second-order valence-corrected chi connectivity index (χ2v) is 8.35. The van der Waals surface area contributed by atoms with Gasteiger partial charge in [0.1, 0.15) is 0 Å². The lowest BCUT2D eigenvalue weighted by atomic mass is 10.0. The number of benzene rings is 2. The minimum atomic E-state index is -3.64. The van der Waals surface area contributed by atoms with E-state index in [9.17, 15) is 13.2 Å². The number of nitrogens with one attached hydrogen (secondary N) is 1. The second kappa shape index (κ2) is 7.21. The van der Waals surface area contributed by atoms with Crippen LogP contribution in [0.2, 0.25) is 0 Å². The summed E-state index contributed by atoms with van der Waals surface area (Å²) in [6.45, 7) is 6.25. The highest BCUT2D eigenvalue weighted by atomic mass is 32.2. The summed E-state index contributed by atoms with van der Waals surface area (Å²) in [6.07, 6.45) is 1.12. The molecule has 0 unspecified atom stereocenters. The molecule has 0 saturated carbocycles. The molecule has 0 radical (unpaired) electrons. The lowest BCUT2D eigenvalue weighted by Crippen LogP contribution is -2.28. The number of carbonyl (C=O) groups is 1. The molecule has 0 spiro atoms. The van der Waals surface area contributed by atoms with Crippen molar-refractivity contribution in [3.8, 4) is 0 Å². The van der Waals surface area contributed by atoms with E-state index >= 15 is 0 Å². The minimum absolute atomic E-state index is 0.0608. The maximum Gasteiger partial charge on any atom is 0.241 e. The van der Waals surface area contributed by atoms with Crippen molar-refractivity contribution in [1.82, 2.24) is 4.72 Å². The molecule has 2 aromatic rings. The van der Waals surface area contributed by atoms with Gasteiger partial charge in [0.15, 0.2) is 0 Å². The Morgan fingerprint density at radius 2 is 1.96 bits per heavy atom. The van der Waals surface area contributed by atoms with Crippen LogP contribution < -0.4 is 9.62 Å². The number of hydrogen-bond acceptors (Lipinski definition) is 3. The van der Waals surface area contributed by atoms with Gasteiger partial charge in [0.05, 0.1) is 4.90 Å². The highest BCUT2D eigenvalue weighted by Crippen LogP contribution is 2.31. The molecule has 0 aliphatic carbocycles. The van der Waals surface area contributed by atoms with Crippen LogP contribution in [0.5, 0.6) is 0 Å². The topological polar surface area (TPSA) is 66.5 Å². The predicted octanol–water partition coefficient (Wildman–Crippen LogP) is 3.33. The molecular formula is C20H24N2O3S. The van der Waals surface area contributed by atoms with Crippen molar-refractivity contribution in [2.24, 2.45) is 0 Å². The highest BCUT2D eigenvalue weighted by molar-refractivity contribution is 7.89. The van der Waals surface area contributed by atoms with Gasteiger partial charge in [-0.1, -0.05) is 31.2 Å². The molecular weight excluding hydrogens is 348 g/mol. The van der Waals surface area contributed by atoms with Crippen molar-refractivity contribution in [3.05, 3.63) is 59.2 Å². The fourth-order valence-electron chi connectivity index (χ4n) is 3.43. The van der Waals surface area contributed by atoms with E-state index in [0.717, 1.165) is 22.4 Å². The zero-order chi connectivity index (χ0) is 18.9. The summed E-state index contributed by atoms with van der Waals surface area (Å²) in [5.41, 5.74) is 3.73. The van der Waals surface area contributed by atoms with E-state index in [1.807, 2.05) is 45.0 Å². The molecule has 2 aromatic carbocycles. The number of fused-ring (bicyclic) bond motifs is 1. The Labute approximate surface area is 155 Å². The molecule has 1 aliphatic rings. The highest BCUT2D eigenvalue weighted by Gasteiger charge is 2.26. The zero-order valence-electron chi connectivity index (χ0n) is 15.3. The number of anilines is 1. The van der Waals surface area contributed by atoms with Gasteiger partial charge in [-0.25, -0.2) is 13.1 Å². The number of rotatable bonds is 5. The van der Waals surface area contributed by atoms with E-state index in [0.29, 0.717) is 19.4 Å². The van der Waals surface area contributed by atoms with E-state index < -0.39 is 10.0 Å². The Kier molecular flexibility index (Phi) is 5.16. The summed E-state index contributed by atoms with van der Waals surface area (Å²) >= 11 is 0. The molecule has 1 heterocycles. The van der Waals surface area contributed by atoms with E-state index in [1.54, 1.807) is 23.1 Å². The van der Waals surface area contributed by atoms with Gasteiger partial charge in [0.25, 0.3) is 0 Å². The number of sulfonamides is 1. The molecule has 0 aromatic heterocycles. The minimum Gasteiger partial charge on any atom is -0.312 e. The first-order valence-electron chi connectivity index (χ1n) is 8.84. The lowest BCUT2D eigenvalue weighted by molar-refractivity contribution is -0.118. The molecule has 1 aliphatic heterocycles. The molecule has 1 N–H and O–H groups in total. The molecule has 0 bridgehead atoms. The van der Waals surface area contributed by atoms with Gasteiger partial charge in [0.2, 0.25) is 15.9 Å². The third kappa shape index (κ3) is 3.52. The van der Waals surface area contributed by atoms with E-state index in [4.69, 9.17) is 0 Å². The smallest absolute Gasteiger partial charge is 0.241 e. The Balaban J connectivity index is 1.85. The van der Waals surface area contributed by atoms with Crippen molar-refractivity contribution >= 4 is 21.6 Å². The summed E-state index contributed by atoms with van der Waals surface area (Å²) in [5, 5.41) is 0. The Morgan fingerprint density at radius 3 is 2.65 bits per heavy atom. The maximum atomic E-state index is 12.8. The predicted molar refractivity (Wildman–Crippen MR) is 103 cm³/mol. The van der Waals surface area contributed by atoms with Gasteiger partial charge in [-0.3, -0.25) is 4.79 Å². The first kappa shape index (κ1) is 18.6. The SMILES string of the molecule is CCC(=O)N1CCc2cc(S(=O)(=O)N[C@@H](C)c3ccccc3C)ccc21. The van der Waals surface area contributed by atoms with Crippen LogP contribution in [0.4, 0.5) is 5.69 Å². The van der Waals surface area contributed by atoms with Crippen LogP contribution in [0.15, 0.2) is 47.4 Å². The Hall–Kier alpha value is -2.18. The van der Waals surface area contributed by atoms with Gasteiger partial charge < -0.3 is 4.90 Å². The zero-order valence-corrected chi connectivity index (χ0v) is 16.1. The number of carbonyl (C=O) groups excluding carboxylic acids is 1. The van der Waals surface area contributed by atoms with Crippen molar-refractivity contribution in [1.29, 1.82) is 0 Å². The maximum absolute atomic E-state index is 12.8. The van der Waals surface area contributed by atoms with Gasteiger partial charge in [-0.2, -0.15) is 0 Å². The average molecular weight is 372 g/mol. The van der Waals surface area contributed by atoms with Crippen LogP contribution >= 0.6 is 0 Å². The third-order valence-corrected chi connectivity index (χ3v) is 6.39. The van der Waals surface area contributed by atoms with Crippen LogP contribution in [-0.4, -0.2) is 20.9 Å². The standard InChI is InChI=1S/C20H24N2O3S/c1-4-20(23)22-12-11-16-13-17(9-10-19(16)22)26(24,25)21-15(3)18-8-6-5-7-14(18)2/h5-10,13,15,21H,4,11-12H2,1-3H3/t15-/m0/s1. The van der Waals surface area contributed by atoms with Crippen molar-refractivity contribution in [3.63, 3.8) is 0 Å². The van der Waals surface area contributed by atoms with Crippen LogP contribution in [0.3, 0.4) is 0 Å². The average Bonchev–Trinajstić information content (AvgIpc) is 3.04. The van der Waals surface area contributed by atoms with E-state index in [1.165, 1.54) is 0 Å². The normalized spacial score (nSPS) is 15.0. The second-order valence-electron chi connectivity index (χ2n) is 6.64. The monoisotopic (exact) mass is 372 g/mol. The van der Waals surface area contributed by atoms with Crippen LogP contribution in [0.1, 0.15) is 43.0 Å². The third-order valence-electron chi connectivity index (χ3n) is 4.85. The van der Waals surface area contributed by atoms with Crippen molar-refractivity contribution in [2.75, 3.05) is 11.4 Å². The molecule has 138 valence electrons. The summed E-state index contributed by atoms with van der Waals surface area (Å²) in [5.74, 6) is 0.0608. The van der Waals surface area contributed by atoms with Crippen LogP contribution in [-0.2, 0) is 21.2 Å². The fourth-order valence-corrected chi connectivity index (χ4v) is 4.71. The summed E-state index contributed by atoms with van der Waals surface area (Å²) in [6, 6.07) is 12.4. The number of amides is 1. The van der Waals surface area contributed by atoms with E-state index in [2.05, 4.69) is 4.72 Å². The molecule has 5 nitrogen and oxygen atoms in total. The molecule has 1 amide bonds. The Bertz CT molecular complexity index is 938. The molecule has 0 saturated heterocycles. The molecule has 1 atom stereocenters. The van der Waals surface area contributed by atoms with E-state index in [-0.39, 0.29) is 16.8 Å². The fraction of sp³-hybridized carbons (Fsp3) is 0.350. The molecule has 0 fully saturated rings. The van der Waals surface area contributed by atoms with Gasteiger partial charge >= 0.3 is 0 Å². The van der Waals surface area contributed by atoms with Crippen molar-refractivity contribution < 1.29 is 13.2 Å². The summed E-state index contributed by atoms with van der Waals surface area (Å²) < 4.78 is 28.4. The quantitative estimate of drug-likeness (QED) is 0.875. The van der Waals surface area contributed by atoms with Crippen LogP contribution in [0.25, 0.3) is 0 Å². The Morgan fingerprint density at radius 1 is 1.23 bits per heavy atom. The van der Waals surface area contributed by atoms with Gasteiger partial charge in [-0.05, 0) is 55.2 Å². The first-order chi connectivity index (χ1) is 12.3. The largest absolute Gasteiger partial charge is 0.312 e. The molecule has 26 heavy (non-hydrogen) atoms. The number of aryl methyl sites for hydroxylation is 1. The number of nitrogens with zero attached hydrogens (tertiary/aromatic N) is 1. The summed E-state index contributed by atoms with van der Waals surface area (Å²) in [4.78, 5) is 14.0. The molecule has 6 heteroatoms. The summed E-state index contributed by atoms with van der Waals surface area (Å²) in [7, 11) is -3.64.